The molecule has 0 aromatic heterocycles. The average Bonchev–Trinajstić information content (AvgIpc) is 2.21. The van der Waals surface area contributed by atoms with Gasteiger partial charge in [0.15, 0.2) is 0 Å². The summed E-state index contributed by atoms with van der Waals surface area (Å²) >= 11 is 6.56. The quantitative estimate of drug-likeness (QED) is 0.604. The van der Waals surface area contributed by atoms with E-state index in [1.807, 2.05) is 0 Å². The number of rotatable bonds is 4. The number of halogens is 2. The molecule has 0 aliphatic carbocycles. The number of hydrogen-bond acceptors (Lipinski definition) is 3. The Morgan fingerprint density at radius 2 is 2.27 bits per heavy atom. The summed E-state index contributed by atoms with van der Waals surface area (Å²) in [4.78, 5) is 11.5. The van der Waals surface area contributed by atoms with Crippen molar-refractivity contribution in [3.8, 4) is 0 Å². The Labute approximate surface area is 96.8 Å². The van der Waals surface area contributed by atoms with Crippen LogP contribution in [0.3, 0.4) is 0 Å². The summed E-state index contributed by atoms with van der Waals surface area (Å²) in [7, 11) is 0. The predicted molar refractivity (Wildman–Crippen MR) is 58.8 cm³/mol. The monoisotopic (exact) mass is 248 g/mol. The van der Waals surface area contributed by atoms with Crippen LogP contribution in [0.15, 0.2) is 29.2 Å². The number of hydrogen-bond donors (Lipinski definition) is 0. The van der Waals surface area contributed by atoms with Crippen molar-refractivity contribution in [2.24, 2.45) is 0 Å². The maximum absolute atomic E-state index is 13.3. The van der Waals surface area contributed by atoms with Gasteiger partial charge >= 0.3 is 5.97 Å². The Morgan fingerprint density at radius 1 is 1.60 bits per heavy atom. The molecule has 0 aliphatic rings. The third-order valence-electron chi connectivity index (χ3n) is 1.54. The Hall–Kier alpha value is -0.740. The highest BCUT2D eigenvalue weighted by Crippen LogP contribution is 2.31. The molecule has 1 rings (SSSR count). The zero-order valence-electron chi connectivity index (χ0n) is 8.07. The number of carbonyl (C=O) groups excluding carboxylic acids is 1. The first-order chi connectivity index (χ1) is 7.15. The number of alkyl halides is 1. The summed E-state index contributed by atoms with van der Waals surface area (Å²) in [6, 6.07) is 6.76. The Bertz CT molecular complexity index is 346. The fraction of sp³-hybridized carbons (Fsp3) is 0.300. The molecular formula is C10H10ClFO2S. The van der Waals surface area contributed by atoms with Gasteiger partial charge in [0.1, 0.15) is 0 Å². The molecule has 1 aromatic rings. The molecule has 0 radical (unpaired) electrons. The maximum atomic E-state index is 13.3. The number of thioether (sulfide) groups is 1. The molecule has 0 saturated carbocycles. The minimum Gasteiger partial charge on any atom is -0.463 e. The van der Waals surface area contributed by atoms with E-state index in [1.54, 1.807) is 31.2 Å². The topological polar surface area (TPSA) is 26.3 Å². The van der Waals surface area contributed by atoms with Crippen LogP contribution in [0, 0.1) is 0 Å². The largest absolute Gasteiger partial charge is 0.463 e. The SMILES string of the molecule is CCOC(=O)C(F)Sc1ccccc1Cl. The van der Waals surface area contributed by atoms with E-state index in [4.69, 9.17) is 11.6 Å². The molecule has 5 heteroatoms. The molecule has 2 nitrogen and oxygen atoms in total. The Kier molecular flexibility index (Phi) is 4.91. The molecule has 15 heavy (non-hydrogen) atoms. The van der Waals surface area contributed by atoms with Gasteiger partial charge < -0.3 is 4.74 Å². The molecule has 0 heterocycles. The highest BCUT2D eigenvalue weighted by Gasteiger charge is 2.20. The minimum absolute atomic E-state index is 0.169. The fourth-order valence-electron chi connectivity index (χ4n) is 0.908. The third kappa shape index (κ3) is 3.72. The lowest BCUT2D eigenvalue weighted by Crippen LogP contribution is -2.15. The standard InChI is InChI=1S/C10H10ClFO2S/c1-2-14-10(13)9(12)15-8-6-4-3-5-7(8)11/h3-6,9H,2H2,1H3. The van der Waals surface area contributed by atoms with E-state index < -0.39 is 11.5 Å². The van der Waals surface area contributed by atoms with E-state index in [-0.39, 0.29) is 6.61 Å². The van der Waals surface area contributed by atoms with Crippen LogP contribution in [0.5, 0.6) is 0 Å². The smallest absolute Gasteiger partial charge is 0.351 e. The number of ether oxygens (including phenoxy) is 1. The fourth-order valence-corrected chi connectivity index (χ4v) is 1.90. The Balaban J connectivity index is 2.62. The highest BCUT2D eigenvalue weighted by molar-refractivity contribution is 8.00. The summed E-state index contributed by atoms with van der Waals surface area (Å²) < 4.78 is 17.8. The van der Waals surface area contributed by atoms with E-state index >= 15 is 0 Å². The number of benzene rings is 1. The molecule has 0 fully saturated rings. The van der Waals surface area contributed by atoms with Crippen molar-refractivity contribution in [3.05, 3.63) is 29.3 Å². The van der Waals surface area contributed by atoms with Crippen molar-refractivity contribution >= 4 is 29.3 Å². The zero-order valence-corrected chi connectivity index (χ0v) is 9.65. The van der Waals surface area contributed by atoms with E-state index in [9.17, 15) is 9.18 Å². The third-order valence-corrected chi connectivity index (χ3v) is 2.99. The highest BCUT2D eigenvalue weighted by atomic mass is 35.5. The van der Waals surface area contributed by atoms with Gasteiger partial charge in [0, 0.05) is 4.90 Å². The van der Waals surface area contributed by atoms with Crippen molar-refractivity contribution in [2.45, 2.75) is 17.3 Å². The van der Waals surface area contributed by atoms with Gasteiger partial charge in [0.2, 0.25) is 5.50 Å². The summed E-state index contributed by atoms with van der Waals surface area (Å²) in [5.41, 5.74) is -1.73. The number of esters is 1. The summed E-state index contributed by atoms with van der Waals surface area (Å²) in [6.07, 6.45) is 0. The van der Waals surface area contributed by atoms with Crippen LogP contribution in [0.2, 0.25) is 5.02 Å². The molecule has 0 bridgehead atoms. The first kappa shape index (κ1) is 12.3. The van der Waals surface area contributed by atoms with Gasteiger partial charge in [-0.1, -0.05) is 35.5 Å². The van der Waals surface area contributed by atoms with Crippen LogP contribution < -0.4 is 0 Å². The Morgan fingerprint density at radius 3 is 2.87 bits per heavy atom. The second-order valence-electron chi connectivity index (χ2n) is 2.62. The van der Waals surface area contributed by atoms with Crippen LogP contribution in [0.4, 0.5) is 4.39 Å². The maximum Gasteiger partial charge on any atom is 0.351 e. The normalized spacial score (nSPS) is 12.2. The van der Waals surface area contributed by atoms with Gasteiger partial charge in [-0.25, -0.2) is 9.18 Å². The molecule has 0 N–H and O–H groups in total. The van der Waals surface area contributed by atoms with Gasteiger partial charge in [-0.2, -0.15) is 0 Å². The van der Waals surface area contributed by atoms with Crippen molar-refractivity contribution < 1.29 is 13.9 Å². The molecule has 0 aliphatic heterocycles. The van der Waals surface area contributed by atoms with Crippen molar-refractivity contribution in [1.29, 1.82) is 0 Å². The van der Waals surface area contributed by atoms with E-state index in [1.165, 1.54) is 0 Å². The van der Waals surface area contributed by atoms with Crippen LogP contribution in [0.25, 0.3) is 0 Å². The lowest BCUT2D eigenvalue weighted by atomic mass is 10.4. The van der Waals surface area contributed by atoms with E-state index in [0.29, 0.717) is 9.92 Å². The van der Waals surface area contributed by atoms with Crippen molar-refractivity contribution in [2.75, 3.05) is 6.61 Å². The number of carbonyl (C=O) groups is 1. The lowest BCUT2D eigenvalue weighted by Gasteiger charge is -2.07. The molecule has 0 saturated heterocycles. The minimum atomic E-state index is -1.73. The molecule has 0 spiro atoms. The molecular weight excluding hydrogens is 239 g/mol. The molecule has 1 aromatic carbocycles. The molecule has 0 amide bonds. The lowest BCUT2D eigenvalue weighted by molar-refractivity contribution is -0.145. The molecule has 82 valence electrons. The van der Waals surface area contributed by atoms with E-state index in [2.05, 4.69) is 4.74 Å². The molecule has 1 atom stereocenters. The summed E-state index contributed by atoms with van der Waals surface area (Å²) in [5.74, 6) is -0.873. The van der Waals surface area contributed by atoms with Gasteiger partial charge in [-0.3, -0.25) is 0 Å². The van der Waals surface area contributed by atoms with Crippen LogP contribution in [-0.2, 0) is 9.53 Å². The van der Waals surface area contributed by atoms with Crippen LogP contribution >= 0.6 is 23.4 Å². The van der Waals surface area contributed by atoms with Gasteiger partial charge in [0.25, 0.3) is 0 Å². The van der Waals surface area contributed by atoms with Crippen molar-refractivity contribution in [1.82, 2.24) is 0 Å². The summed E-state index contributed by atoms with van der Waals surface area (Å²) in [5, 5.41) is 0.425. The first-order valence-corrected chi connectivity index (χ1v) is 5.62. The summed E-state index contributed by atoms with van der Waals surface area (Å²) in [6.45, 7) is 1.80. The van der Waals surface area contributed by atoms with Crippen LogP contribution in [-0.4, -0.2) is 18.1 Å². The average molecular weight is 249 g/mol. The predicted octanol–water partition coefficient (Wildman–Crippen LogP) is 3.29. The van der Waals surface area contributed by atoms with Crippen LogP contribution in [0.1, 0.15) is 6.92 Å². The van der Waals surface area contributed by atoms with E-state index in [0.717, 1.165) is 11.8 Å². The van der Waals surface area contributed by atoms with Crippen molar-refractivity contribution in [3.63, 3.8) is 0 Å². The zero-order chi connectivity index (χ0) is 11.3. The van der Waals surface area contributed by atoms with Gasteiger partial charge in [0.05, 0.1) is 11.6 Å². The first-order valence-electron chi connectivity index (χ1n) is 4.37. The van der Waals surface area contributed by atoms with Gasteiger partial charge in [-0.15, -0.1) is 0 Å². The van der Waals surface area contributed by atoms with Gasteiger partial charge in [-0.05, 0) is 19.1 Å². The second-order valence-corrected chi connectivity index (χ2v) is 4.11. The second kappa shape index (κ2) is 5.98. The molecule has 1 unspecified atom stereocenters.